The molecule has 1 unspecified atom stereocenters. The fourth-order valence-electron chi connectivity index (χ4n) is 5.14. The highest BCUT2D eigenvalue weighted by atomic mass is 16.1. The van der Waals surface area contributed by atoms with Crippen LogP contribution < -0.4 is 10.9 Å². The average molecular weight is 485 g/mol. The molecule has 7 nitrogen and oxygen atoms in total. The fraction of sp³-hybridized carbons (Fsp3) is 0.414. The van der Waals surface area contributed by atoms with Crippen LogP contribution in [0.3, 0.4) is 0 Å². The van der Waals surface area contributed by atoms with E-state index in [0.29, 0.717) is 18.0 Å². The normalized spacial score (nSPS) is 15.9. The summed E-state index contributed by atoms with van der Waals surface area (Å²) in [5.41, 5.74) is 6.44. The summed E-state index contributed by atoms with van der Waals surface area (Å²) in [6.45, 7) is 8.98. The second kappa shape index (κ2) is 9.21. The van der Waals surface area contributed by atoms with Crippen molar-refractivity contribution in [3.05, 3.63) is 76.0 Å². The highest BCUT2D eigenvalue weighted by molar-refractivity contribution is 5.82. The largest absolute Gasteiger partial charge is 0.340 e. The minimum Gasteiger partial charge on any atom is -0.340 e. The molecule has 36 heavy (non-hydrogen) atoms. The Morgan fingerprint density at radius 3 is 2.61 bits per heavy atom. The Kier molecular flexibility index (Phi) is 6.20. The van der Waals surface area contributed by atoms with Crippen LogP contribution in [0.15, 0.2) is 53.6 Å². The van der Waals surface area contributed by atoms with Gasteiger partial charge in [-0.3, -0.25) is 9.78 Å². The quantitative estimate of drug-likeness (QED) is 0.429. The number of nitrogens with zero attached hydrogens (tertiary/aromatic N) is 5. The monoisotopic (exact) mass is 484 g/mol. The number of fused-ring (bicyclic) bond motifs is 2. The van der Waals surface area contributed by atoms with E-state index < -0.39 is 0 Å². The molecule has 4 aromatic rings. The third-order valence-electron chi connectivity index (χ3n) is 7.28. The first kappa shape index (κ1) is 24.3. The van der Waals surface area contributed by atoms with Crippen LogP contribution in [0.2, 0.25) is 0 Å². The number of rotatable bonds is 5. The van der Waals surface area contributed by atoms with Crippen molar-refractivity contribution in [3.63, 3.8) is 0 Å². The number of hydrogen-bond acceptors (Lipinski definition) is 5. The second-order valence-electron chi connectivity index (χ2n) is 11.0. The van der Waals surface area contributed by atoms with Gasteiger partial charge >= 0.3 is 0 Å². The van der Waals surface area contributed by atoms with Crippen molar-refractivity contribution in [3.8, 4) is 5.69 Å². The van der Waals surface area contributed by atoms with Gasteiger partial charge in [0.25, 0.3) is 5.56 Å². The van der Waals surface area contributed by atoms with Gasteiger partial charge in [0, 0.05) is 47.8 Å². The van der Waals surface area contributed by atoms with Gasteiger partial charge in [-0.05, 0) is 75.7 Å². The van der Waals surface area contributed by atoms with Crippen molar-refractivity contribution in [2.24, 2.45) is 0 Å². The molecule has 5 rings (SSSR count). The molecule has 0 saturated carbocycles. The number of benzene rings is 1. The summed E-state index contributed by atoms with van der Waals surface area (Å²) in [4.78, 5) is 24.7. The van der Waals surface area contributed by atoms with Gasteiger partial charge in [0.15, 0.2) is 0 Å². The van der Waals surface area contributed by atoms with Crippen molar-refractivity contribution < 1.29 is 0 Å². The van der Waals surface area contributed by atoms with E-state index >= 15 is 0 Å². The van der Waals surface area contributed by atoms with Gasteiger partial charge in [-0.1, -0.05) is 26.8 Å². The smallest absolute Gasteiger partial charge is 0.276 e. The molecule has 188 valence electrons. The van der Waals surface area contributed by atoms with Gasteiger partial charge < -0.3 is 10.2 Å². The molecule has 3 heterocycles. The second-order valence-corrected chi connectivity index (χ2v) is 11.0. The Bertz CT molecular complexity index is 1470. The minimum atomic E-state index is -0.0946. The third kappa shape index (κ3) is 4.44. The van der Waals surface area contributed by atoms with Gasteiger partial charge in [-0.25, -0.2) is 14.3 Å². The maximum absolute atomic E-state index is 13.2. The van der Waals surface area contributed by atoms with Crippen molar-refractivity contribution in [1.29, 1.82) is 0 Å². The topological polar surface area (TPSA) is 68.0 Å². The summed E-state index contributed by atoms with van der Waals surface area (Å²) in [6, 6.07) is 13.2. The Morgan fingerprint density at radius 2 is 1.89 bits per heavy atom. The Hall–Kier alpha value is -3.45. The van der Waals surface area contributed by atoms with E-state index in [1.54, 1.807) is 10.9 Å². The van der Waals surface area contributed by atoms with Crippen molar-refractivity contribution in [1.82, 2.24) is 24.2 Å². The molecular formula is C29H36N6O. The lowest BCUT2D eigenvalue weighted by Gasteiger charge is -2.30. The zero-order valence-electron chi connectivity index (χ0n) is 22.2. The van der Waals surface area contributed by atoms with E-state index in [9.17, 15) is 4.79 Å². The van der Waals surface area contributed by atoms with Crippen molar-refractivity contribution in [2.45, 2.75) is 65.0 Å². The van der Waals surface area contributed by atoms with Gasteiger partial charge in [-0.2, -0.15) is 0 Å². The van der Waals surface area contributed by atoms with Gasteiger partial charge in [0.2, 0.25) is 0 Å². The standard InChI is InChI=1S/C29H36N6O/c1-7-34-28(36)24-18-31-27(17-25(24)35(34)23-12-13-30-26(16-23)29(2,3)4)32-21-10-8-19-9-11-22(33(5)6)15-20(19)14-21/h8,10,12-14,16-18,22H,7,9,11,15H2,1-6H3,(H,31,32). The number of likely N-dealkylation sites (N-methyl/N-ethyl adjacent to an activating group) is 1. The molecule has 0 radical (unpaired) electrons. The zero-order chi connectivity index (χ0) is 25.6. The van der Waals surface area contributed by atoms with Crippen LogP contribution in [0.5, 0.6) is 0 Å². The number of aryl methyl sites for hydroxylation is 1. The van der Waals surface area contributed by atoms with E-state index in [-0.39, 0.29) is 11.0 Å². The molecule has 1 aliphatic rings. The molecular weight excluding hydrogens is 448 g/mol. The predicted octanol–water partition coefficient (Wildman–Crippen LogP) is 5.06. The first-order chi connectivity index (χ1) is 17.2. The van der Waals surface area contributed by atoms with Gasteiger partial charge in [-0.15, -0.1) is 0 Å². The third-order valence-corrected chi connectivity index (χ3v) is 7.28. The van der Waals surface area contributed by atoms with Gasteiger partial charge in [0.05, 0.1) is 16.6 Å². The molecule has 3 aromatic heterocycles. The van der Waals surface area contributed by atoms with Crippen LogP contribution in [0.25, 0.3) is 16.6 Å². The van der Waals surface area contributed by atoms with Crippen molar-refractivity contribution in [2.75, 3.05) is 19.4 Å². The lowest BCUT2D eigenvalue weighted by atomic mass is 9.87. The van der Waals surface area contributed by atoms with Crippen molar-refractivity contribution >= 4 is 22.4 Å². The molecule has 1 aromatic carbocycles. The van der Waals surface area contributed by atoms with E-state index in [4.69, 9.17) is 0 Å². The Morgan fingerprint density at radius 1 is 1.08 bits per heavy atom. The van der Waals surface area contributed by atoms with Crippen LogP contribution in [0.1, 0.15) is 50.9 Å². The maximum atomic E-state index is 13.2. The van der Waals surface area contributed by atoms with E-state index in [1.165, 1.54) is 17.5 Å². The lowest BCUT2D eigenvalue weighted by molar-refractivity contribution is 0.268. The van der Waals surface area contributed by atoms with E-state index in [2.05, 4.69) is 79.3 Å². The zero-order valence-corrected chi connectivity index (χ0v) is 22.2. The van der Waals surface area contributed by atoms with Crippen LogP contribution in [0, 0.1) is 0 Å². The first-order valence-electron chi connectivity index (χ1n) is 12.8. The summed E-state index contributed by atoms with van der Waals surface area (Å²) in [6.07, 6.45) is 6.88. The van der Waals surface area contributed by atoms with Crippen LogP contribution in [-0.4, -0.2) is 44.4 Å². The Balaban J connectivity index is 1.55. The highest BCUT2D eigenvalue weighted by Crippen LogP contribution is 2.29. The average Bonchev–Trinajstić information content (AvgIpc) is 3.14. The fourth-order valence-corrected chi connectivity index (χ4v) is 5.14. The predicted molar refractivity (Wildman–Crippen MR) is 147 cm³/mol. The number of hydrogen-bond donors (Lipinski definition) is 1. The molecule has 0 amide bonds. The summed E-state index contributed by atoms with van der Waals surface area (Å²) in [7, 11) is 4.32. The van der Waals surface area contributed by atoms with Crippen LogP contribution in [-0.2, 0) is 24.8 Å². The molecule has 0 bridgehead atoms. The molecule has 1 atom stereocenters. The van der Waals surface area contributed by atoms with Crippen LogP contribution >= 0.6 is 0 Å². The number of nitrogens with one attached hydrogen (secondary N) is 1. The maximum Gasteiger partial charge on any atom is 0.276 e. The highest BCUT2D eigenvalue weighted by Gasteiger charge is 2.21. The summed E-state index contributed by atoms with van der Waals surface area (Å²) in [5.74, 6) is 0.717. The molecule has 0 saturated heterocycles. The molecule has 1 N–H and O–H groups in total. The summed E-state index contributed by atoms with van der Waals surface area (Å²) in [5, 5.41) is 4.10. The van der Waals surface area contributed by atoms with E-state index in [1.807, 2.05) is 29.9 Å². The Labute approximate surface area is 212 Å². The number of pyridine rings is 2. The minimum absolute atomic E-state index is 0.0378. The van der Waals surface area contributed by atoms with E-state index in [0.717, 1.165) is 41.2 Å². The molecule has 1 aliphatic carbocycles. The first-order valence-corrected chi connectivity index (χ1v) is 12.8. The van der Waals surface area contributed by atoms with Gasteiger partial charge in [0.1, 0.15) is 5.82 Å². The molecule has 0 aliphatic heterocycles. The summed E-state index contributed by atoms with van der Waals surface area (Å²) < 4.78 is 3.76. The SMILES string of the molecule is CCn1c(=O)c2cnc(Nc3ccc4c(c3)CC(N(C)C)CC4)cc2n1-c1ccnc(C(C)(C)C)c1. The summed E-state index contributed by atoms with van der Waals surface area (Å²) >= 11 is 0. The van der Waals surface area contributed by atoms with Crippen LogP contribution in [0.4, 0.5) is 11.5 Å². The molecule has 7 heteroatoms. The molecule has 0 fully saturated rings. The lowest BCUT2D eigenvalue weighted by Crippen LogP contribution is -2.33. The molecule has 0 spiro atoms. The number of anilines is 2. The number of aromatic nitrogens is 4.